The molecule has 0 unspecified atom stereocenters. The molecule has 0 radical (unpaired) electrons. The second kappa shape index (κ2) is 8.49. The van der Waals surface area contributed by atoms with Gasteiger partial charge in [0.1, 0.15) is 12.1 Å². The Hall–Kier alpha value is -1.35. The fourth-order valence-electron chi connectivity index (χ4n) is 2.14. The summed E-state index contributed by atoms with van der Waals surface area (Å²) in [5.41, 5.74) is 0. The molecule has 0 aliphatic carbocycles. The molecule has 1 heterocycles. The molecule has 6 nitrogen and oxygen atoms in total. The maximum atomic E-state index is 12.6. The first-order chi connectivity index (χ1) is 10.6. The normalized spacial score (nSPS) is 22.3. The minimum atomic E-state index is -4.39. The summed E-state index contributed by atoms with van der Waals surface area (Å²) in [5.74, 6) is -1.01. The lowest BCUT2D eigenvalue weighted by Gasteiger charge is -2.35. The molecule has 0 aromatic carbocycles. The Morgan fingerprint density at radius 1 is 1.30 bits per heavy atom. The van der Waals surface area contributed by atoms with E-state index in [-0.39, 0.29) is 31.7 Å². The van der Waals surface area contributed by atoms with Gasteiger partial charge in [0.2, 0.25) is 11.8 Å². The van der Waals surface area contributed by atoms with Crippen LogP contribution >= 0.6 is 0 Å². The van der Waals surface area contributed by atoms with Crippen LogP contribution in [0.25, 0.3) is 0 Å². The van der Waals surface area contributed by atoms with Crippen molar-refractivity contribution >= 4 is 11.8 Å². The fraction of sp³-hybridized carbons (Fsp3) is 0.857. The number of alkyl halides is 3. The average Bonchev–Trinajstić information content (AvgIpc) is 2.45. The van der Waals surface area contributed by atoms with Gasteiger partial charge in [-0.05, 0) is 20.3 Å². The van der Waals surface area contributed by atoms with Gasteiger partial charge in [-0.2, -0.15) is 13.2 Å². The van der Waals surface area contributed by atoms with Gasteiger partial charge in [-0.3, -0.25) is 14.5 Å². The molecule has 0 saturated carbocycles. The lowest BCUT2D eigenvalue weighted by Crippen LogP contribution is -2.58. The number of carbonyl (C=O) groups excluding carboxylic acids is 2. The van der Waals surface area contributed by atoms with Crippen molar-refractivity contribution in [2.75, 3.05) is 26.3 Å². The number of hydrogen-bond acceptors (Lipinski definition) is 4. The summed E-state index contributed by atoms with van der Waals surface area (Å²) >= 11 is 0. The van der Waals surface area contributed by atoms with Crippen molar-refractivity contribution in [2.24, 2.45) is 0 Å². The highest BCUT2D eigenvalue weighted by Crippen LogP contribution is 2.19. The summed E-state index contributed by atoms with van der Waals surface area (Å²) in [7, 11) is 0. The van der Waals surface area contributed by atoms with Crippen molar-refractivity contribution in [3.63, 3.8) is 0 Å². The van der Waals surface area contributed by atoms with Gasteiger partial charge in [0.25, 0.3) is 0 Å². The van der Waals surface area contributed by atoms with E-state index in [4.69, 9.17) is 4.74 Å². The number of ether oxygens (including phenoxy) is 1. The van der Waals surface area contributed by atoms with E-state index in [1.807, 2.05) is 13.8 Å². The Morgan fingerprint density at radius 2 is 1.96 bits per heavy atom. The number of hydrogen-bond donors (Lipinski definition) is 2. The van der Waals surface area contributed by atoms with E-state index in [0.717, 1.165) is 11.3 Å². The third-order valence-corrected chi connectivity index (χ3v) is 3.68. The van der Waals surface area contributed by atoms with Crippen LogP contribution in [0.4, 0.5) is 13.2 Å². The number of halogens is 3. The summed E-state index contributed by atoms with van der Waals surface area (Å²) in [5, 5.41) is 5.16. The van der Waals surface area contributed by atoms with Crippen LogP contribution < -0.4 is 10.6 Å². The molecule has 0 aromatic heterocycles. The summed E-state index contributed by atoms with van der Waals surface area (Å²) in [6, 6.07) is -1.92. The SMILES string of the molecule is CC[C@H](C)NC(=O)[C@@H](C)NC(=O)[C@@H]1COCCN1CC(F)(F)F. The van der Waals surface area contributed by atoms with Gasteiger partial charge >= 0.3 is 6.18 Å². The third-order valence-electron chi connectivity index (χ3n) is 3.68. The lowest BCUT2D eigenvalue weighted by atomic mass is 10.1. The monoisotopic (exact) mass is 339 g/mol. The molecule has 1 rings (SSSR count). The molecule has 1 saturated heterocycles. The summed E-state index contributed by atoms with van der Waals surface area (Å²) in [4.78, 5) is 25.1. The molecule has 1 fully saturated rings. The minimum Gasteiger partial charge on any atom is -0.378 e. The molecule has 134 valence electrons. The highest BCUT2D eigenvalue weighted by Gasteiger charge is 2.38. The lowest BCUT2D eigenvalue weighted by molar-refractivity contribution is -0.167. The largest absolute Gasteiger partial charge is 0.401 e. The van der Waals surface area contributed by atoms with Gasteiger partial charge in [0.15, 0.2) is 0 Å². The molecular formula is C14H24F3N3O3. The Balaban J connectivity index is 2.61. The molecule has 1 aliphatic rings. The van der Waals surface area contributed by atoms with Crippen molar-refractivity contribution in [3.05, 3.63) is 0 Å². The first kappa shape index (κ1) is 19.7. The highest BCUT2D eigenvalue weighted by molar-refractivity contribution is 5.89. The average molecular weight is 339 g/mol. The first-order valence-corrected chi connectivity index (χ1v) is 7.63. The summed E-state index contributed by atoms with van der Waals surface area (Å²) in [6.45, 7) is 4.08. The standard InChI is InChI=1S/C14H24F3N3O3/c1-4-9(2)18-12(21)10(3)19-13(22)11-7-23-6-5-20(11)8-14(15,16)17/h9-11H,4-8H2,1-3H3,(H,18,21)(H,19,22)/t9-,10+,11-/m0/s1. The summed E-state index contributed by atoms with van der Waals surface area (Å²) in [6.07, 6.45) is -3.66. The molecule has 0 spiro atoms. The van der Waals surface area contributed by atoms with E-state index >= 15 is 0 Å². The Morgan fingerprint density at radius 3 is 2.52 bits per heavy atom. The quantitative estimate of drug-likeness (QED) is 0.746. The van der Waals surface area contributed by atoms with Crippen molar-refractivity contribution < 1.29 is 27.5 Å². The van der Waals surface area contributed by atoms with Gasteiger partial charge in [-0.15, -0.1) is 0 Å². The van der Waals surface area contributed by atoms with Crippen LogP contribution in [0.1, 0.15) is 27.2 Å². The maximum Gasteiger partial charge on any atom is 0.401 e. The zero-order valence-corrected chi connectivity index (χ0v) is 13.6. The van der Waals surface area contributed by atoms with E-state index in [0.29, 0.717) is 0 Å². The zero-order valence-electron chi connectivity index (χ0n) is 13.6. The van der Waals surface area contributed by atoms with Crippen molar-refractivity contribution in [3.8, 4) is 0 Å². The van der Waals surface area contributed by atoms with E-state index in [2.05, 4.69) is 10.6 Å². The van der Waals surface area contributed by atoms with Crippen molar-refractivity contribution in [2.45, 2.75) is 51.5 Å². The van der Waals surface area contributed by atoms with E-state index in [1.165, 1.54) is 6.92 Å². The van der Waals surface area contributed by atoms with Gasteiger partial charge in [-0.25, -0.2) is 0 Å². The Kier molecular flexibility index (Phi) is 7.27. The van der Waals surface area contributed by atoms with Crippen molar-refractivity contribution in [1.82, 2.24) is 15.5 Å². The van der Waals surface area contributed by atoms with E-state index in [1.54, 1.807) is 0 Å². The van der Waals surface area contributed by atoms with Crippen LogP contribution in [0.15, 0.2) is 0 Å². The fourth-order valence-corrected chi connectivity index (χ4v) is 2.14. The molecule has 23 heavy (non-hydrogen) atoms. The van der Waals surface area contributed by atoms with Crippen LogP contribution in [0.2, 0.25) is 0 Å². The molecular weight excluding hydrogens is 315 g/mol. The third kappa shape index (κ3) is 6.74. The molecule has 2 amide bonds. The first-order valence-electron chi connectivity index (χ1n) is 7.63. The molecule has 2 N–H and O–H groups in total. The number of amides is 2. The van der Waals surface area contributed by atoms with Gasteiger partial charge in [0.05, 0.1) is 19.8 Å². The van der Waals surface area contributed by atoms with Gasteiger partial charge < -0.3 is 15.4 Å². The van der Waals surface area contributed by atoms with Crippen LogP contribution in [0.5, 0.6) is 0 Å². The Bertz CT molecular complexity index is 418. The highest BCUT2D eigenvalue weighted by atomic mass is 19.4. The molecule has 3 atom stereocenters. The second-order valence-electron chi connectivity index (χ2n) is 5.72. The van der Waals surface area contributed by atoms with E-state index < -0.39 is 30.7 Å². The predicted molar refractivity (Wildman–Crippen MR) is 77.7 cm³/mol. The summed E-state index contributed by atoms with van der Waals surface area (Å²) < 4.78 is 42.8. The minimum absolute atomic E-state index is 0.0189. The number of morpholine rings is 1. The zero-order chi connectivity index (χ0) is 17.6. The number of rotatable bonds is 6. The molecule has 0 aromatic rings. The number of carbonyl (C=O) groups is 2. The predicted octanol–water partition coefficient (Wildman–Crippen LogP) is 0.669. The number of nitrogens with zero attached hydrogens (tertiary/aromatic N) is 1. The molecule has 9 heteroatoms. The van der Waals surface area contributed by atoms with Crippen LogP contribution in [-0.2, 0) is 14.3 Å². The molecule has 1 aliphatic heterocycles. The van der Waals surface area contributed by atoms with Gasteiger partial charge in [-0.1, -0.05) is 6.92 Å². The maximum absolute atomic E-state index is 12.6. The van der Waals surface area contributed by atoms with Crippen LogP contribution in [0, 0.1) is 0 Å². The molecule has 0 bridgehead atoms. The smallest absolute Gasteiger partial charge is 0.378 e. The topological polar surface area (TPSA) is 70.7 Å². The second-order valence-corrected chi connectivity index (χ2v) is 5.72. The van der Waals surface area contributed by atoms with Gasteiger partial charge in [0, 0.05) is 12.6 Å². The van der Waals surface area contributed by atoms with Crippen LogP contribution in [-0.4, -0.2) is 67.3 Å². The van der Waals surface area contributed by atoms with Crippen LogP contribution in [0.3, 0.4) is 0 Å². The Labute approximate surface area is 133 Å². The van der Waals surface area contributed by atoms with Crippen molar-refractivity contribution in [1.29, 1.82) is 0 Å². The van der Waals surface area contributed by atoms with E-state index in [9.17, 15) is 22.8 Å². The number of nitrogens with one attached hydrogen (secondary N) is 2.